The number of likely N-dealkylation sites (N-methyl/N-ethyl adjacent to an activating group) is 1. The number of fused-ring (bicyclic) bond motifs is 1. The van der Waals surface area contributed by atoms with Crippen molar-refractivity contribution >= 4 is 0 Å². The number of quaternary nitrogens is 1. The van der Waals surface area contributed by atoms with Crippen LogP contribution in [0.2, 0.25) is 0 Å². The zero-order valence-corrected chi connectivity index (χ0v) is 21.1. The van der Waals surface area contributed by atoms with Crippen LogP contribution in [-0.4, -0.2) is 25.1 Å². The molecule has 0 spiro atoms. The molecular formula is C27H36IN. The first-order valence-electron chi connectivity index (χ1n) is 10.8. The molecule has 0 saturated heterocycles. The Morgan fingerprint density at radius 2 is 1.55 bits per heavy atom. The number of benzene rings is 2. The summed E-state index contributed by atoms with van der Waals surface area (Å²) in [5.41, 5.74) is 9.10. The minimum absolute atomic E-state index is 0. The summed E-state index contributed by atoms with van der Waals surface area (Å²) in [5.74, 6) is 1.74. The first-order chi connectivity index (χ1) is 13.2. The van der Waals surface area contributed by atoms with Crippen LogP contribution in [0.4, 0.5) is 0 Å². The highest BCUT2D eigenvalue weighted by Gasteiger charge is 2.52. The summed E-state index contributed by atoms with van der Waals surface area (Å²) in [6.45, 7) is 11.6. The van der Waals surface area contributed by atoms with E-state index in [1.54, 1.807) is 5.57 Å². The molecule has 0 heterocycles. The molecule has 156 valence electrons. The van der Waals surface area contributed by atoms with Crippen molar-refractivity contribution in [1.82, 2.24) is 0 Å². The molecule has 0 N–H and O–H groups in total. The summed E-state index contributed by atoms with van der Waals surface area (Å²) >= 11 is 0. The SMILES string of the molecule is Cc1cccc(C)c1-c1ccc(C[N+](C)(C)CC2=CC[C@H]3C[C@@H]2C3(C)C)cc1.[I-]. The summed E-state index contributed by atoms with van der Waals surface area (Å²) in [5, 5.41) is 0. The molecule has 5 rings (SSSR count). The van der Waals surface area contributed by atoms with Gasteiger partial charge in [0.25, 0.3) is 0 Å². The lowest BCUT2D eigenvalue weighted by atomic mass is 9.49. The number of allylic oxidation sites excluding steroid dienone is 1. The third-order valence-electron chi connectivity index (χ3n) is 7.53. The molecule has 0 radical (unpaired) electrons. The minimum atomic E-state index is 0. The van der Waals surface area contributed by atoms with E-state index < -0.39 is 0 Å². The van der Waals surface area contributed by atoms with Crippen molar-refractivity contribution < 1.29 is 28.5 Å². The van der Waals surface area contributed by atoms with Gasteiger partial charge in [0.2, 0.25) is 0 Å². The average molecular weight is 501 g/mol. The van der Waals surface area contributed by atoms with Gasteiger partial charge in [0.05, 0.1) is 14.1 Å². The molecule has 2 heteroatoms. The Bertz CT molecular complexity index is 884. The molecule has 29 heavy (non-hydrogen) atoms. The lowest BCUT2D eigenvalue weighted by molar-refractivity contribution is -0.899. The van der Waals surface area contributed by atoms with Gasteiger partial charge < -0.3 is 28.5 Å². The van der Waals surface area contributed by atoms with E-state index >= 15 is 0 Å². The maximum absolute atomic E-state index is 2.56. The molecule has 0 aromatic heterocycles. The quantitative estimate of drug-likeness (QED) is 0.334. The zero-order valence-electron chi connectivity index (χ0n) is 18.9. The molecule has 2 aromatic carbocycles. The van der Waals surface area contributed by atoms with Crippen molar-refractivity contribution in [3.63, 3.8) is 0 Å². The van der Waals surface area contributed by atoms with Gasteiger partial charge in [0.1, 0.15) is 13.1 Å². The van der Waals surface area contributed by atoms with Crippen molar-refractivity contribution in [2.45, 2.75) is 47.1 Å². The third kappa shape index (κ3) is 4.34. The van der Waals surface area contributed by atoms with Crippen LogP contribution in [0, 0.1) is 31.1 Å². The fourth-order valence-corrected chi connectivity index (χ4v) is 5.75. The van der Waals surface area contributed by atoms with Crippen molar-refractivity contribution in [3.05, 3.63) is 70.8 Å². The molecule has 3 aliphatic carbocycles. The predicted octanol–water partition coefficient (Wildman–Crippen LogP) is 3.54. The van der Waals surface area contributed by atoms with Gasteiger partial charge in [-0.1, -0.05) is 62.4 Å². The van der Waals surface area contributed by atoms with E-state index in [0.717, 1.165) is 22.9 Å². The molecule has 3 aliphatic rings. The van der Waals surface area contributed by atoms with Gasteiger partial charge in [-0.05, 0) is 71.8 Å². The Balaban J connectivity index is 0.00000240. The Hall–Kier alpha value is -1.13. The fraction of sp³-hybridized carbons (Fsp3) is 0.481. The van der Waals surface area contributed by atoms with Crippen LogP contribution in [0.3, 0.4) is 0 Å². The highest BCUT2D eigenvalue weighted by molar-refractivity contribution is 5.70. The highest BCUT2D eigenvalue weighted by atomic mass is 127. The van der Waals surface area contributed by atoms with E-state index in [-0.39, 0.29) is 24.0 Å². The van der Waals surface area contributed by atoms with Crippen LogP contribution < -0.4 is 24.0 Å². The first kappa shape index (κ1) is 22.6. The van der Waals surface area contributed by atoms with E-state index in [1.165, 1.54) is 47.2 Å². The standard InChI is InChI=1S/C27H36N.HI/c1-19-8-7-9-20(2)26(19)22-12-10-21(11-13-22)17-28(5,6)18-23-14-15-24-16-25(23)27(24,3)4;/h7-14,24-25H,15-18H2,1-6H3;1H/q+1;/p-1/t24-,25-;/m0./s1. The Kier molecular flexibility index (Phi) is 6.37. The van der Waals surface area contributed by atoms with Crippen molar-refractivity contribution in [2.75, 3.05) is 20.6 Å². The molecule has 2 aromatic rings. The van der Waals surface area contributed by atoms with Crippen molar-refractivity contribution in [3.8, 4) is 11.1 Å². The van der Waals surface area contributed by atoms with Crippen LogP contribution in [0.15, 0.2) is 54.1 Å². The smallest absolute Gasteiger partial charge is 0.104 e. The van der Waals surface area contributed by atoms with E-state index in [1.807, 2.05) is 0 Å². The molecule has 2 bridgehead atoms. The summed E-state index contributed by atoms with van der Waals surface area (Å²) in [7, 11) is 4.77. The molecule has 1 nitrogen and oxygen atoms in total. The van der Waals surface area contributed by atoms with Crippen LogP contribution in [-0.2, 0) is 6.54 Å². The summed E-state index contributed by atoms with van der Waals surface area (Å²) in [6.07, 6.45) is 5.28. The highest BCUT2D eigenvalue weighted by Crippen LogP contribution is 2.59. The molecule has 0 amide bonds. The Morgan fingerprint density at radius 3 is 2.10 bits per heavy atom. The Morgan fingerprint density at radius 1 is 0.931 bits per heavy atom. The second-order valence-corrected chi connectivity index (χ2v) is 10.5. The third-order valence-corrected chi connectivity index (χ3v) is 7.53. The van der Waals surface area contributed by atoms with Gasteiger partial charge in [-0.25, -0.2) is 0 Å². The number of hydrogen-bond donors (Lipinski definition) is 0. The van der Waals surface area contributed by atoms with Crippen LogP contribution in [0.5, 0.6) is 0 Å². The van der Waals surface area contributed by atoms with E-state index in [2.05, 4.69) is 90.3 Å². The molecule has 0 unspecified atom stereocenters. The maximum atomic E-state index is 2.56. The van der Waals surface area contributed by atoms with E-state index in [9.17, 15) is 0 Å². The van der Waals surface area contributed by atoms with Crippen LogP contribution >= 0.6 is 0 Å². The zero-order chi connectivity index (χ0) is 20.1. The van der Waals surface area contributed by atoms with Gasteiger partial charge in [-0.2, -0.15) is 0 Å². The maximum Gasteiger partial charge on any atom is 0.104 e. The molecule has 1 fully saturated rings. The van der Waals surface area contributed by atoms with Crippen LogP contribution in [0.1, 0.15) is 43.4 Å². The number of hydrogen-bond acceptors (Lipinski definition) is 0. The van der Waals surface area contributed by atoms with E-state index in [4.69, 9.17) is 0 Å². The van der Waals surface area contributed by atoms with Crippen LogP contribution in [0.25, 0.3) is 11.1 Å². The normalized spacial score (nSPS) is 22.3. The summed E-state index contributed by atoms with van der Waals surface area (Å²) in [4.78, 5) is 0. The van der Waals surface area contributed by atoms with Gasteiger partial charge in [0.15, 0.2) is 0 Å². The second-order valence-electron chi connectivity index (χ2n) is 10.5. The van der Waals surface area contributed by atoms with Gasteiger partial charge >= 0.3 is 0 Å². The lowest BCUT2D eigenvalue weighted by Gasteiger charge is -2.57. The lowest BCUT2D eigenvalue weighted by Crippen LogP contribution is -3.00. The first-order valence-corrected chi connectivity index (χ1v) is 10.8. The predicted molar refractivity (Wildman–Crippen MR) is 120 cm³/mol. The molecule has 0 aliphatic heterocycles. The average Bonchev–Trinajstić information content (AvgIpc) is 2.62. The van der Waals surface area contributed by atoms with Gasteiger partial charge in [0, 0.05) is 5.56 Å². The summed E-state index contributed by atoms with van der Waals surface area (Å²) in [6, 6.07) is 15.9. The number of rotatable bonds is 5. The largest absolute Gasteiger partial charge is 1.00 e. The number of aryl methyl sites for hydroxylation is 2. The van der Waals surface area contributed by atoms with Crippen molar-refractivity contribution in [2.24, 2.45) is 17.3 Å². The molecule has 1 saturated carbocycles. The monoisotopic (exact) mass is 501 g/mol. The molecular weight excluding hydrogens is 465 g/mol. The summed E-state index contributed by atoms with van der Waals surface area (Å²) < 4.78 is 1.03. The van der Waals surface area contributed by atoms with Crippen molar-refractivity contribution in [1.29, 1.82) is 0 Å². The Labute approximate surface area is 194 Å². The number of nitrogens with zero attached hydrogens (tertiary/aromatic N) is 1. The van der Waals surface area contributed by atoms with Gasteiger partial charge in [-0.15, -0.1) is 0 Å². The molecule has 2 atom stereocenters. The van der Waals surface area contributed by atoms with Gasteiger partial charge in [-0.3, -0.25) is 0 Å². The topological polar surface area (TPSA) is 0 Å². The van der Waals surface area contributed by atoms with E-state index in [0.29, 0.717) is 5.41 Å². The minimum Gasteiger partial charge on any atom is -1.00 e. The number of halogens is 1. The second kappa shape index (κ2) is 8.19. The fourth-order valence-electron chi connectivity index (χ4n) is 5.75.